The largest absolute Gasteiger partial charge is 0.490 e. The molecule has 2 aromatic rings. The van der Waals surface area contributed by atoms with Gasteiger partial charge in [0.25, 0.3) is 5.91 Å². The lowest BCUT2D eigenvalue weighted by molar-refractivity contribution is -0.145. The van der Waals surface area contributed by atoms with Crippen molar-refractivity contribution >= 4 is 23.6 Å². The Morgan fingerprint density at radius 1 is 1.06 bits per heavy atom. The molecular weight excluding hydrogens is 441 g/mol. The number of benzene rings is 2. The van der Waals surface area contributed by atoms with Gasteiger partial charge in [0.1, 0.15) is 11.6 Å². The molecule has 10 heteroatoms. The van der Waals surface area contributed by atoms with E-state index in [2.05, 4.69) is 5.32 Å². The maximum atomic E-state index is 12.9. The topological polar surface area (TPSA) is 97.7 Å². The molecule has 0 bridgehead atoms. The van der Waals surface area contributed by atoms with Crippen molar-refractivity contribution in [2.45, 2.75) is 20.0 Å². The van der Waals surface area contributed by atoms with Crippen LogP contribution in [-0.4, -0.2) is 31.7 Å². The first-order valence-electron chi connectivity index (χ1n) is 9.83. The lowest BCUT2D eigenvalue weighted by Gasteiger charge is -2.12. The quantitative estimate of drug-likeness (QED) is 0.333. The average molecular weight is 462 g/mol. The van der Waals surface area contributed by atoms with E-state index in [1.807, 2.05) is 0 Å². The Bertz CT molecular complexity index is 1070. The van der Waals surface area contributed by atoms with Gasteiger partial charge in [0.15, 0.2) is 18.1 Å². The SMILES string of the molecule is CCOC(=O)COc1ccc(/C=C(/C#N)C(=O)Nc2cccc(C(F)(F)F)c2)cc1OCC. The molecule has 0 aliphatic rings. The second-order valence-electron chi connectivity index (χ2n) is 6.44. The van der Waals surface area contributed by atoms with Crippen LogP contribution in [0.4, 0.5) is 18.9 Å². The Hall–Kier alpha value is -4.00. The molecular formula is C23H21F3N2O5. The molecule has 174 valence electrons. The van der Waals surface area contributed by atoms with Gasteiger partial charge in [-0.1, -0.05) is 12.1 Å². The van der Waals surface area contributed by atoms with Crippen molar-refractivity contribution in [3.05, 3.63) is 59.2 Å². The minimum Gasteiger partial charge on any atom is -0.490 e. The van der Waals surface area contributed by atoms with Crippen molar-refractivity contribution in [1.82, 2.24) is 0 Å². The Kier molecular flexibility index (Phi) is 8.86. The number of amides is 1. The van der Waals surface area contributed by atoms with E-state index in [0.29, 0.717) is 5.56 Å². The normalized spacial score (nSPS) is 11.3. The fourth-order valence-electron chi connectivity index (χ4n) is 2.63. The molecule has 2 aromatic carbocycles. The highest BCUT2D eigenvalue weighted by Gasteiger charge is 2.30. The molecule has 7 nitrogen and oxygen atoms in total. The summed E-state index contributed by atoms with van der Waals surface area (Å²) in [5, 5.41) is 11.7. The van der Waals surface area contributed by atoms with E-state index in [9.17, 15) is 28.0 Å². The van der Waals surface area contributed by atoms with Gasteiger partial charge in [0.2, 0.25) is 0 Å². The van der Waals surface area contributed by atoms with Crippen LogP contribution >= 0.6 is 0 Å². The van der Waals surface area contributed by atoms with Gasteiger partial charge < -0.3 is 19.5 Å². The Morgan fingerprint density at radius 2 is 1.82 bits per heavy atom. The zero-order chi connectivity index (χ0) is 24.4. The molecule has 0 radical (unpaired) electrons. The van der Waals surface area contributed by atoms with Gasteiger partial charge in [-0.3, -0.25) is 4.79 Å². The average Bonchev–Trinajstić information content (AvgIpc) is 2.77. The van der Waals surface area contributed by atoms with Crippen LogP contribution in [0, 0.1) is 11.3 Å². The van der Waals surface area contributed by atoms with Gasteiger partial charge in [0.05, 0.1) is 18.8 Å². The van der Waals surface area contributed by atoms with Gasteiger partial charge in [-0.2, -0.15) is 18.4 Å². The van der Waals surface area contributed by atoms with Crippen molar-refractivity contribution in [2.75, 3.05) is 25.1 Å². The summed E-state index contributed by atoms with van der Waals surface area (Å²) in [7, 11) is 0. The lowest BCUT2D eigenvalue weighted by atomic mass is 10.1. The standard InChI is InChI=1S/C23H21F3N2O5/c1-3-31-20-11-15(8-9-19(20)33-14-21(29)32-4-2)10-16(13-27)22(30)28-18-7-5-6-17(12-18)23(24,25)26/h5-12H,3-4,14H2,1-2H3,(H,28,30)/b16-10-. The van der Waals surface area contributed by atoms with E-state index in [4.69, 9.17) is 14.2 Å². The summed E-state index contributed by atoms with van der Waals surface area (Å²) in [6.45, 7) is 3.57. The zero-order valence-corrected chi connectivity index (χ0v) is 17.9. The molecule has 0 saturated heterocycles. The van der Waals surface area contributed by atoms with Crippen molar-refractivity contribution in [3.8, 4) is 17.6 Å². The van der Waals surface area contributed by atoms with Crippen LogP contribution in [0.5, 0.6) is 11.5 Å². The molecule has 0 aromatic heterocycles. The predicted octanol–water partition coefficient (Wildman–Crippen LogP) is 4.59. The third kappa shape index (κ3) is 7.57. The summed E-state index contributed by atoms with van der Waals surface area (Å²) in [5.41, 5.74) is -0.969. The molecule has 2 rings (SSSR count). The number of alkyl halides is 3. The first kappa shape index (κ1) is 25.3. The van der Waals surface area contributed by atoms with Crippen molar-refractivity contribution < 1.29 is 37.0 Å². The van der Waals surface area contributed by atoms with Gasteiger partial charge in [-0.05, 0) is 55.8 Å². The number of halogens is 3. The molecule has 0 aliphatic carbocycles. The number of hydrogen-bond donors (Lipinski definition) is 1. The lowest BCUT2D eigenvalue weighted by Crippen LogP contribution is -2.15. The third-order valence-electron chi connectivity index (χ3n) is 4.04. The van der Waals surface area contributed by atoms with Crippen molar-refractivity contribution in [1.29, 1.82) is 5.26 Å². The van der Waals surface area contributed by atoms with Crippen LogP contribution in [0.2, 0.25) is 0 Å². The van der Waals surface area contributed by atoms with Crippen molar-refractivity contribution in [2.24, 2.45) is 0 Å². The van der Waals surface area contributed by atoms with E-state index in [0.717, 1.165) is 18.2 Å². The number of nitrogens with one attached hydrogen (secondary N) is 1. The van der Waals surface area contributed by atoms with Gasteiger partial charge in [-0.25, -0.2) is 4.79 Å². The first-order valence-corrected chi connectivity index (χ1v) is 9.83. The summed E-state index contributed by atoms with van der Waals surface area (Å²) >= 11 is 0. The van der Waals surface area contributed by atoms with E-state index in [1.54, 1.807) is 19.9 Å². The highest BCUT2D eigenvalue weighted by atomic mass is 19.4. The second kappa shape index (κ2) is 11.6. The van der Waals surface area contributed by atoms with Crippen LogP contribution in [0.3, 0.4) is 0 Å². The molecule has 0 atom stereocenters. The van der Waals surface area contributed by atoms with Gasteiger partial charge in [0, 0.05) is 5.69 Å². The van der Waals surface area contributed by atoms with E-state index in [1.165, 1.54) is 30.3 Å². The van der Waals surface area contributed by atoms with Crippen molar-refractivity contribution in [3.63, 3.8) is 0 Å². The monoisotopic (exact) mass is 462 g/mol. The van der Waals surface area contributed by atoms with Crippen LogP contribution in [-0.2, 0) is 20.5 Å². The Balaban J connectivity index is 2.22. The van der Waals surface area contributed by atoms with Gasteiger partial charge >= 0.3 is 12.1 Å². The highest BCUT2D eigenvalue weighted by Crippen LogP contribution is 2.31. The number of carbonyl (C=O) groups is 2. The molecule has 0 fully saturated rings. The fourth-order valence-corrected chi connectivity index (χ4v) is 2.63. The highest BCUT2D eigenvalue weighted by molar-refractivity contribution is 6.09. The summed E-state index contributed by atoms with van der Waals surface area (Å²) in [6, 6.07) is 10.3. The molecule has 0 aliphatic heterocycles. The molecule has 0 heterocycles. The number of nitriles is 1. The van der Waals surface area contributed by atoms with Crippen LogP contribution in [0.15, 0.2) is 48.0 Å². The Labute approximate surface area is 188 Å². The first-order chi connectivity index (χ1) is 15.7. The maximum Gasteiger partial charge on any atom is 0.416 e. The molecule has 0 saturated carbocycles. The summed E-state index contributed by atoms with van der Waals surface area (Å²) in [4.78, 5) is 23.9. The van der Waals surface area contributed by atoms with Crippen LogP contribution in [0.25, 0.3) is 6.08 Å². The summed E-state index contributed by atoms with van der Waals surface area (Å²) in [6.07, 6.45) is -3.32. The van der Waals surface area contributed by atoms with Gasteiger partial charge in [-0.15, -0.1) is 0 Å². The molecule has 0 spiro atoms. The summed E-state index contributed by atoms with van der Waals surface area (Å²) < 4.78 is 54.3. The minimum atomic E-state index is -4.57. The Morgan fingerprint density at radius 3 is 2.45 bits per heavy atom. The predicted molar refractivity (Wildman–Crippen MR) is 113 cm³/mol. The maximum absolute atomic E-state index is 12.9. The number of rotatable bonds is 9. The molecule has 33 heavy (non-hydrogen) atoms. The second-order valence-corrected chi connectivity index (χ2v) is 6.44. The van der Waals surface area contributed by atoms with E-state index >= 15 is 0 Å². The number of anilines is 1. The van der Waals surface area contributed by atoms with E-state index < -0.39 is 23.6 Å². The van der Waals surface area contributed by atoms with E-state index in [-0.39, 0.29) is 42.6 Å². The number of esters is 1. The van der Waals surface area contributed by atoms with Crippen LogP contribution < -0.4 is 14.8 Å². The smallest absolute Gasteiger partial charge is 0.416 e. The zero-order valence-electron chi connectivity index (χ0n) is 17.9. The molecule has 0 unspecified atom stereocenters. The number of nitrogens with zero attached hydrogens (tertiary/aromatic N) is 1. The number of carbonyl (C=O) groups excluding carboxylic acids is 2. The summed E-state index contributed by atoms with van der Waals surface area (Å²) in [5.74, 6) is -0.903. The molecule has 1 N–H and O–H groups in total. The third-order valence-corrected chi connectivity index (χ3v) is 4.04. The number of hydrogen-bond acceptors (Lipinski definition) is 6. The molecule has 1 amide bonds. The fraction of sp³-hybridized carbons (Fsp3) is 0.261. The number of ether oxygens (including phenoxy) is 3. The minimum absolute atomic E-state index is 0.103. The van der Waals surface area contributed by atoms with Crippen LogP contribution in [0.1, 0.15) is 25.0 Å².